The predicted molar refractivity (Wildman–Crippen MR) is 94.1 cm³/mol. The van der Waals surface area contributed by atoms with Gasteiger partial charge >= 0.3 is 0 Å². The molecule has 2 aromatic heterocycles. The molecule has 0 aliphatic rings. The number of anilines is 1. The third-order valence-electron chi connectivity index (χ3n) is 3.62. The Balaban J connectivity index is 1.66. The molecule has 1 aromatic carbocycles. The number of pyridine rings is 1. The van der Waals surface area contributed by atoms with Crippen LogP contribution >= 0.6 is 0 Å². The first-order valence-corrected chi connectivity index (χ1v) is 7.85. The number of hydrogen-bond acceptors (Lipinski definition) is 6. The minimum atomic E-state index is 0.0954. The van der Waals surface area contributed by atoms with E-state index in [0.29, 0.717) is 41.3 Å². The lowest BCUT2D eigenvalue weighted by Gasteiger charge is -2.06. The summed E-state index contributed by atoms with van der Waals surface area (Å²) in [4.78, 5) is 8.62. The Morgan fingerprint density at radius 1 is 1.36 bits per heavy atom. The summed E-state index contributed by atoms with van der Waals surface area (Å²) in [6.07, 6.45) is 2.28. The van der Waals surface area contributed by atoms with Gasteiger partial charge in [0.05, 0.1) is 6.33 Å². The third-order valence-corrected chi connectivity index (χ3v) is 3.62. The highest BCUT2D eigenvalue weighted by Crippen LogP contribution is 2.24. The maximum atomic E-state index is 12.5. The van der Waals surface area contributed by atoms with Crippen molar-refractivity contribution < 1.29 is 13.5 Å². The molecule has 3 rings (SSSR count). The van der Waals surface area contributed by atoms with Gasteiger partial charge in [0.1, 0.15) is 17.9 Å². The molecule has 0 saturated carbocycles. The molecular weight excluding hydrogens is 323 g/mol. The molecule has 0 unspecified atom stereocenters. The fourth-order valence-corrected chi connectivity index (χ4v) is 2.16. The van der Waals surface area contributed by atoms with E-state index in [0.717, 1.165) is 11.3 Å². The normalized spacial score (nSPS) is 11.7. The number of aryl methyl sites for hydroxylation is 1. The molecule has 0 aliphatic heterocycles. The molecule has 25 heavy (non-hydrogen) atoms. The first kappa shape index (κ1) is 16.9. The summed E-state index contributed by atoms with van der Waals surface area (Å²) in [6, 6.07) is 9.62. The molecule has 0 aliphatic carbocycles. The minimum absolute atomic E-state index is 0.0954. The van der Waals surface area contributed by atoms with Crippen molar-refractivity contribution in [1.82, 2.24) is 9.97 Å². The molecule has 0 spiro atoms. The van der Waals surface area contributed by atoms with Crippen LogP contribution in [0.5, 0.6) is 5.75 Å². The summed E-state index contributed by atoms with van der Waals surface area (Å²) in [5.41, 5.74) is 9.07. The number of nitrogens with one attached hydrogen (secondary N) is 1. The van der Waals surface area contributed by atoms with Crippen LogP contribution in [-0.4, -0.2) is 23.1 Å². The summed E-state index contributed by atoms with van der Waals surface area (Å²) in [5, 5.41) is 3.12. The van der Waals surface area contributed by atoms with E-state index in [1.54, 1.807) is 18.2 Å². The van der Waals surface area contributed by atoms with Gasteiger partial charge < -0.3 is 20.2 Å². The number of halogens is 1. The van der Waals surface area contributed by atoms with Crippen LogP contribution in [0.4, 0.5) is 10.4 Å². The molecule has 6 nitrogen and oxygen atoms in total. The maximum absolute atomic E-state index is 12.5. The first-order chi connectivity index (χ1) is 12.2. The Morgan fingerprint density at radius 3 is 2.96 bits per heavy atom. The van der Waals surface area contributed by atoms with Gasteiger partial charge in [0.25, 0.3) is 6.01 Å². The van der Waals surface area contributed by atoms with Crippen LogP contribution in [-0.2, 0) is 6.54 Å². The number of aromatic nitrogens is 2. The van der Waals surface area contributed by atoms with Gasteiger partial charge in [-0.05, 0) is 30.7 Å². The van der Waals surface area contributed by atoms with Crippen molar-refractivity contribution in [2.24, 2.45) is 5.73 Å². The van der Waals surface area contributed by atoms with Crippen LogP contribution < -0.4 is 15.8 Å². The fourth-order valence-electron chi connectivity index (χ4n) is 2.16. The van der Waals surface area contributed by atoms with Gasteiger partial charge in [0, 0.05) is 36.6 Å². The molecule has 7 heteroatoms. The standard InChI is InChI=1S/C18H19FN4O2/c1-12-2-3-13(9-21-12)10-22-18-23-16-5-4-15(6-17(16)25-18)24-11-14(7-19)8-20/h2-7,9H,8,10-11,20H2,1H3,(H,22,23)/b14-7+. The number of fused-ring (bicyclic) bond motifs is 1. The van der Waals surface area contributed by atoms with E-state index in [2.05, 4.69) is 15.3 Å². The molecule has 2 heterocycles. The quantitative estimate of drug-likeness (QED) is 0.685. The Morgan fingerprint density at radius 2 is 2.24 bits per heavy atom. The average Bonchev–Trinajstić information content (AvgIpc) is 3.04. The zero-order chi connectivity index (χ0) is 17.6. The van der Waals surface area contributed by atoms with Gasteiger partial charge in [-0.3, -0.25) is 4.98 Å². The van der Waals surface area contributed by atoms with Gasteiger partial charge in [0.15, 0.2) is 5.58 Å². The topological polar surface area (TPSA) is 86.2 Å². The minimum Gasteiger partial charge on any atom is -0.489 e. The largest absolute Gasteiger partial charge is 0.489 e. The Kier molecular flexibility index (Phi) is 5.25. The fraction of sp³-hybridized carbons (Fsp3) is 0.222. The van der Waals surface area contributed by atoms with Crippen LogP contribution in [0, 0.1) is 6.92 Å². The summed E-state index contributed by atoms with van der Waals surface area (Å²) >= 11 is 0. The second-order valence-corrected chi connectivity index (χ2v) is 5.57. The molecule has 0 radical (unpaired) electrons. The van der Waals surface area contributed by atoms with Gasteiger partial charge in [-0.2, -0.15) is 4.98 Å². The van der Waals surface area contributed by atoms with Crippen molar-refractivity contribution in [3.05, 3.63) is 59.7 Å². The monoisotopic (exact) mass is 342 g/mol. The van der Waals surface area contributed by atoms with Crippen molar-refractivity contribution in [2.75, 3.05) is 18.5 Å². The molecule has 0 saturated heterocycles. The highest BCUT2D eigenvalue weighted by Gasteiger charge is 2.08. The summed E-state index contributed by atoms with van der Waals surface area (Å²) < 4.78 is 23.7. The van der Waals surface area contributed by atoms with E-state index in [1.807, 2.05) is 25.3 Å². The maximum Gasteiger partial charge on any atom is 0.295 e. The Hall–Kier alpha value is -2.93. The second kappa shape index (κ2) is 7.76. The molecule has 3 N–H and O–H groups in total. The highest BCUT2D eigenvalue weighted by atomic mass is 19.1. The Labute approximate surface area is 144 Å². The smallest absolute Gasteiger partial charge is 0.295 e. The predicted octanol–water partition coefficient (Wildman–Crippen LogP) is 3.33. The van der Waals surface area contributed by atoms with Crippen molar-refractivity contribution >= 4 is 17.1 Å². The molecular formula is C18H19FN4O2. The molecule has 0 amide bonds. The van der Waals surface area contributed by atoms with Gasteiger partial charge in [-0.25, -0.2) is 4.39 Å². The molecule has 0 bridgehead atoms. The van der Waals surface area contributed by atoms with E-state index in [9.17, 15) is 4.39 Å². The molecule has 0 atom stereocenters. The first-order valence-electron chi connectivity index (χ1n) is 7.85. The Bertz CT molecular complexity index is 874. The summed E-state index contributed by atoms with van der Waals surface area (Å²) in [6.45, 7) is 2.71. The number of hydrogen-bond donors (Lipinski definition) is 2. The number of benzene rings is 1. The molecule has 3 aromatic rings. The van der Waals surface area contributed by atoms with Crippen LogP contribution in [0.15, 0.2) is 52.8 Å². The van der Waals surface area contributed by atoms with E-state index < -0.39 is 0 Å². The van der Waals surface area contributed by atoms with Gasteiger partial charge in [-0.15, -0.1) is 0 Å². The number of ether oxygens (including phenoxy) is 1. The third kappa shape index (κ3) is 4.33. The number of rotatable bonds is 7. The second-order valence-electron chi connectivity index (χ2n) is 5.57. The van der Waals surface area contributed by atoms with Crippen LogP contribution in [0.1, 0.15) is 11.3 Å². The number of nitrogens with zero attached hydrogens (tertiary/aromatic N) is 2. The van der Waals surface area contributed by atoms with Crippen molar-refractivity contribution in [2.45, 2.75) is 13.5 Å². The van der Waals surface area contributed by atoms with Crippen LogP contribution in [0.3, 0.4) is 0 Å². The lowest BCUT2D eigenvalue weighted by atomic mass is 10.2. The number of oxazole rings is 1. The lowest BCUT2D eigenvalue weighted by Crippen LogP contribution is -2.10. The zero-order valence-corrected chi connectivity index (χ0v) is 13.8. The van der Waals surface area contributed by atoms with E-state index in [1.165, 1.54) is 0 Å². The van der Waals surface area contributed by atoms with Crippen LogP contribution in [0.2, 0.25) is 0 Å². The van der Waals surface area contributed by atoms with Gasteiger partial charge in [-0.1, -0.05) is 6.07 Å². The lowest BCUT2D eigenvalue weighted by molar-refractivity contribution is 0.347. The van der Waals surface area contributed by atoms with E-state index >= 15 is 0 Å². The van der Waals surface area contributed by atoms with E-state index in [-0.39, 0.29) is 13.2 Å². The zero-order valence-electron chi connectivity index (χ0n) is 13.8. The van der Waals surface area contributed by atoms with Crippen LogP contribution in [0.25, 0.3) is 11.1 Å². The SMILES string of the molecule is Cc1ccc(CNc2nc3ccc(OC/C(=C/F)CN)cc3o2)cn1. The highest BCUT2D eigenvalue weighted by molar-refractivity contribution is 5.76. The summed E-state index contributed by atoms with van der Waals surface area (Å²) in [7, 11) is 0. The van der Waals surface area contributed by atoms with E-state index in [4.69, 9.17) is 14.9 Å². The average molecular weight is 342 g/mol. The van der Waals surface area contributed by atoms with Crippen molar-refractivity contribution in [1.29, 1.82) is 0 Å². The molecule has 130 valence electrons. The molecule has 0 fully saturated rings. The number of nitrogens with two attached hydrogens (primary N) is 1. The van der Waals surface area contributed by atoms with Crippen molar-refractivity contribution in [3.8, 4) is 5.75 Å². The van der Waals surface area contributed by atoms with Crippen molar-refractivity contribution in [3.63, 3.8) is 0 Å². The summed E-state index contributed by atoms with van der Waals surface area (Å²) in [5.74, 6) is 0.561. The van der Waals surface area contributed by atoms with Gasteiger partial charge in [0.2, 0.25) is 0 Å².